The number of amides is 1. The normalized spacial score (nSPS) is 16.4. The molecule has 0 bridgehead atoms. The largest absolute Gasteiger partial charge is 0.480 e. The first-order valence-corrected chi connectivity index (χ1v) is 6.55. The molecule has 1 amide bonds. The molecule has 0 aliphatic heterocycles. The summed E-state index contributed by atoms with van der Waals surface area (Å²) in [7, 11) is 0. The van der Waals surface area contributed by atoms with Crippen LogP contribution in [0.5, 0.6) is 0 Å². The summed E-state index contributed by atoms with van der Waals surface area (Å²) in [5.41, 5.74) is 5.22. The van der Waals surface area contributed by atoms with E-state index in [-0.39, 0.29) is 5.92 Å². The Morgan fingerprint density at radius 2 is 1.94 bits per heavy atom. The van der Waals surface area contributed by atoms with Crippen molar-refractivity contribution in [2.45, 2.75) is 50.5 Å². The van der Waals surface area contributed by atoms with Gasteiger partial charge in [-0.3, -0.25) is 9.59 Å². The van der Waals surface area contributed by atoms with E-state index < -0.39 is 22.4 Å². The Hall–Kier alpha value is -0.710. The number of carboxylic acid groups (broad SMARTS) is 1. The van der Waals surface area contributed by atoms with Crippen molar-refractivity contribution in [3.63, 3.8) is 0 Å². The molecule has 0 aromatic carbocycles. The zero-order valence-electron chi connectivity index (χ0n) is 10.1. The quantitative estimate of drug-likeness (QED) is 0.686. The second-order valence-corrected chi connectivity index (χ2v) is 5.31. The van der Waals surface area contributed by atoms with E-state index in [1.54, 1.807) is 0 Å². The van der Waals surface area contributed by atoms with Gasteiger partial charge in [0.15, 0.2) is 0 Å². The second-order valence-electron chi connectivity index (χ2n) is 3.96. The Morgan fingerprint density at radius 1 is 1.38 bits per heavy atom. The van der Waals surface area contributed by atoms with Gasteiger partial charge in [0.2, 0.25) is 5.91 Å². The van der Waals surface area contributed by atoms with E-state index >= 15 is 0 Å². The number of rotatable bonds is 8. The maximum atomic E-state index is 11.1. The van der Waals surface area contributed by atoms with Gasteiger partial charge in [0.1, 0.15) is 5.25 Å². The van der Waals surface area contributed by atoms with Crippen LogP contribution in [0.25, 0.3) is 0 Å². The first kappa shape index (κ1) is 15.3. The van der Waals surface area contributed by atoms with Crippen LogP contribution in [0.15, 0.2) is 0 Å². The van der Waals surface area contributed by atoms with Crippen LogP contribution in [0.1, 0.15) is 40.0 Å². The number of hydrogen-bond donors (Lipinski definition) is 2. The Kier molecular flexibility index (Phi) is 7.21. The molecule has 0 unspecified atom stereocenters. The molecular formula is C11H21NO3S. The molecule has 4 nitrogen and oxygen atoms in total. The summed E-state index contributed by atoms with van der Waals surface area (Å²) in [5.74, 6) is -1.23. The van der Waals surface area contributed by atoms with Crippen molar-refractivity contribution in [1.29, 1.82) is 0 Å². The Labute approximate surface area is 101 Å². The molecular weight excluding hydrogens is 226 g/mol. The average molecular weight is 247 g/mol. The number of hydrogen-bond acceptors (Lipinski definition) is 3. The van der Waals surface area contributed by atoms with Crippen LogP contribution < -0.4 is 5.73 Å². The van der Waals surface area contributed by atoms with E-state index in [0.717, 1.165) is 12.8 Å². The van der Waals surface area contributed by atoms with Gasteiger partial charge in [0, 0.05) is 0 Å². The van der Waals surface area contributed by atoms with Crippen molar-refractivity contribution in [3.05, 3.63) is 0 Å². The Balaban J connectivity index is 4.54. The predicted molar refractivity (Wildman–Crippen MR) is 66.4 cm³/mol. The van der Waals surface area contributed by atoms with Gasteiger partial charge in [-0.2, -0.15) is 0 Å². The van der Waals surface area contributed by atoms with Gasteiger partial charge in [-0.1, -0.05) is 27.2 Å². The molecule has 0 heterocycles. The molecule has 0 radical (unpaired) electrons. The van der Waals surface area contributed by atoms with Crippen LogP contribution >= 0.6 is 11.8 Å². The molecule has 0 rings (SSSR count). The van der Waals surface area contributed by atoms with Crippen molar-refractivity contribution in [2.24, 2.45) is 11.7 Å². The third kappa shape index (κ3) is 4.88. The number of nitrogens with two attached hydrogens (primary N) is 1. The molecule has 0 saturated heterocycles. The summed E-state index contributed by atoms with van der Waals surface area (Å²) in [5, 5.41) is 8.18. The fourth-order valence-corrected chi connectivity index (χ4v) is 2.79. The molecule has 16 heavy (non-hydrogen) atoms. The fourth-order valence-electron chi connectivity index (χ4n) is 1.58. The van der Waals surface area contributed by atoms with Gasteiger partial charge in [-0.25, -0.2) is 0 Å². The van der Waals surface area contributed by atoms with Crippen molar-refractivity contribution < 1.29 is 14.7 Å². The number of carbonyl (C=O) groups excluding carboxylic acids is 1. The average Bonchev–Trinajstić information content (AvgIpc) is 2.18. The molecule has 5 heteroatoms. The number of aliphatic carboxylic acids is 1. The summed E-state index contributed by atoms with van der Waals surface area (Å²) in [4.78, 5) is 22.2. The van der Waals surface area contributed by atoms with Crippen molar-refractivity contribution in [1.82, 2.24) is 0 Å². The van der Waals surface area contributed by atoms with Crippen LogP contribution in [-0.2, 0) is 9.59 Å². The van der Waals surface area contributed by atoms with Crippen molar-refractivity contribution in [3.8, 4) is 0 Å². The van der Waals surface area contributed by atoms with Gasteiger partial charge < -0.3 is 10.8 Å². The Morgan fingerprint density at radius 3 is 2.25 bits per heavy atom. The fraction of sp³-hybridized carbons (Fsp3) is 0.818. The van der Waals surface area contributed by atoms with Crippen LogP contribution in [0.2, 0.25) is 0 Å². The standard InChI is InChI=1S/C11H21NO3S/c1-4-6-7(3)9(11(14)15)16-8(5-2)10(12)13/h7-9H,4-6H2,1-3H3,(H2,12,13)(H,14,15)/t7-,8+,9+/m1/s1. The minimum atomic E-state index is -0.856. The van der Waals surface area contributed by atoms with Crippen molar-refractivity contribution in [2.75, 3.05) is 0 Å². The summed E-state index contributed by atoms with van der Waals surface area (Å²) in [6, 6.07) is 0. The van der Waals surface area contributed by atoms with Gasteiger partial charge in [0.05, 0.1) is 5.25 Å². The van der Waals surface area contributed by atoms with E-state index in [1.807, 2.05) is 20.8 Å². The van der Waals surface area contributed by atoms with Crippen LogP contribution in [0.4, 0.5) is 0 Å². The first-order valence-electron chi connectivity index (χ1n) is 5.61. The van der Waals surface area contributed by atoms with Gasteiger partial charge in [-0.05, 0) is 18.8 Å². The molecule has 0 aromatic rings. The van der Waals surface area contributed by atoms with Gasteiger partial charge >= 0.3 is 5.97 Å². The zero-order chi connectivity index (χ0) is 12.7. The maximum absolute atomic E-state index is 11.1. The third-order valence-corrected chi connectivity index (χ3v) is 4.36. The molecule has 0 saturated carbocycles. The minimum Gasteiger partial charge on any atom is -0.480 e. The highest BCUT2D eigenvalue weighted by molar-refractivity contribution is 8.01. The topological polar surface area (TPSA) is 80.4 Å². The lowest BCUT2D eigenvalue weighted by Crippen LogP contribution is -2.32. The summed E-state index contributed by atoms with van der Waals surface area (Å²) < 4.78 is 0. The lowest BCUT2D eigenvalue weighted by atomic mass is 10.0. The van der Waals surface area contributed by atoms with Crippen molar-refractivity contribution >= 4 is 23.6 Å². The molecule has 3 N–H and O–H groups in total. The lowest BCUT2D eigenvalue weighted by Gasteiger charge is -2.22. The highest BCUT2D eigenvalue weighted by atomic mass is 32.2. The van der Waals surface area contributed by atoms with E-state index in [4.69, 9.17) is 10.8 Å². The van der Waals surface area contributed by atoms with Gasteiger partial charge in [0.25, 0.3) is 0 Å². The minimum absolute atomic E-state index is 0.0564. The van der Waals surface area contributed by atoms with Gasteiger partial charge in [-0.15, -0.1) is 11.8 Å². The lowest BCUT2D eigenvalue weighted by molar-refractivity contribution is -0.137. The monoisotopic (exact) mass is 247 g/mol. The van der Waals surface area contributed by atoms with Crippen LogP contribution in [0.3, 0.4) is 0 Å². The molecule has 0 aromatic heterocycles. The third-order valence-electron chi connectivity index (χ3n) is 2.50. The molecule has 0 aliphatic rings. The summed E-state index contributed by atoms with van der Waals surface area (Å²) >= 11 is 1.18. The number of primary amides is 1. The predicted octanol–water partition coefficient (Wildman–Crippen LogP) is 1.87. The molecule has 0 aliphatic carbocycles. The van der Waals surface area contributed by atoms with E-state index in [2.05, 4.69) is 0 Å². The summed E-state index contributed by atoms with van der Waals surface area (Å²) in [6.45, 7) is 5.76. The molecule has 0 spiro atoms. The highest BCUT2D eigenvalue weighted by Gasteiger charge is 2.29. The SMILES string of the molecule is CCC[C@@H](C)[C@H](S[C@@H](CC)C(N)=O)C(=O)O. The highest BCUT2D eigenvalue weighted by Crippen LogP contribution is 2.28. The maximum Gasteiger partial charge on any atom is 0.316 e. The Bertz CT molecular complexity index is 245. The van der Waals surface area contributed by atoms with E-state index in [9.17, 15) is 9.59 Å². The number of thioether (sulfide) groups is 1. The second kappa shape index (κ2) is 7.54. The van der Waals surface area contributed by atoms with Crippen LogP contribution in [0, 0.1) is 5.92 Å². The molecule has 3 atom stereocenters. The van der Waals surface area contributed by atoms with E-state index in [0.29, 0.717) is 6.42 Å². The van der Waals surface area contributed by atoms with E-state index in [1.165, 1.54) is 11.8 Å². The smallest absolute Gasteiger partial charge is 0.316 e. The molecule has 0 fully saturated rings. The first-order chi connectivity index (χ1) is 7.43. The summed E-state index contributed by atoms with van der Waals surface area (Å²) in [6.07, 6.45) is 2.36. The zero-order valence-corrected chi connectivity index (χ0v) is 10.9. The van der Waals surface area contributed by atoms with Crippen LogP contribution in [-0.4, -0.2) is 27.5 Å². The molecule has 94 valence electrons. The number of carboxylic acids is 1. The number of carbonyl (C=O) groups is 2.